The molecule has 0 unspecified atom stereocenters. The second-order valence-electron chi connectivity index (χ2n) is 3.81. The van der Waals surface area contributed by atoms with Crippen LogP contribution in [0.25, 0.3) is 0 Å². The minimum atomic E-state index is -0.888. The van der Waals surface area contributed by atoms with Crippen LogP contribution in [0.2, 0.25) is 0 Å². The molecule has 0 spiro atoms. The van der Waals surface area contributed by atoms with Gasteiger partial charge in [-0.3, -0.25) is 0 Å². The highest BCUT2D eigenvalue weighted by atomic mass is 32.2. The minimum Gasteiger partial charge on any atom is -0.478 e. The summed E-state index contributed by atoms with van der Waals surface area (Å²) in [6.07, 6.45) is 0. The smallest absolute Gasteiger partial charge is 0.336 e. The van der Waals surface area contributed by atoms with Gasteiger partial charge >= 0.3 is 5.97 Å². The molecule has 0 radical (unpaired) electrons. The van der Waals surface area contributed by atoms with Crippen LogP contribution >= 0.6 is 23.5 Å². The third-order valence-electron chi connectivity index (χ3n) is 2.48. The Morgan fingerprint density at radius 1 is 1.05 bits per heavy atom. The molecule has 19 heavy (non-hydrogen) atoms. The van der Waals surface area contributed by atoms with Crippen LogP contribution in [0.5, 0.6) is 0 Å². The SMILES string of the molecule is CCSc1ccc(Sc2ccccc2C(=O)O)cc1. The van der Waals surface area contributed by atoms with Gasteiger partial charge in [-0.2, -0.15) is 0 Å². The Kier molecular flexibility index (Phi) is 4.93. The number of hydrogen-bond acceptors (Lipinski definition) is 3. The number of carbonyl (C=O) groups is 1. The number of carboxylic acid groups (broad SMARTS) is 1. The molecule has 2 aromatic carbocycles. The summed E-state index contributed by atoms with van der Waals surface area (Å²) in [4.78, 5) is 14.2. The molecule has 0 aromatic heterocycles. The van der Waals surface area contributed by atoms with Gasteiger partial charge in [0.15, 0.2) is 0 Å². The van der Waals surface area contributed by atoms with Gasteiger partial charge in [0.1, 0.15) is 0 Å². The standard InChI is InChI=1S/C15H14O2S2/c1-2-18-11-7-9-12(10-8-11)19-14-6-4-3-5-13(14)15(16)17/h3-10H,2H2,1H3,(H,16,17). The van der Waals surface area contributed by atoms with Crippen LogP contribution in [-0.2, 0) is 0 Å². The molecule has 0 amide bonds. The van der Waals surface area contributed by atoms with E-state index in [2.05, 4.69) is 19.1 Å². The summed E-state index contributed by atoms with van der Waals surface area (Å²) in [5, 5.41) is 9.14. The van der Waals surface area contributed by atoms with Crippen molar-refractivity contribution in [3.05, 3.63) is 54.1 Å². The number of benzene rings is 2. The maximum Gasteiger partial charge on any atom is 0.336 e. The lowest BCUT2D eigenvalue weighted by Gasteiger charge is -2.06. The number of hydrogen-bond donors (Lipinski definition) is 1. The summed E-state index contributed by atoms with van der Waals surface area (Å²) in [6.45, 7) is 2.12. The van der Waals surface area contributed by atoms with Crippen molar-refractivity contribution in [2.45, 2.75) is 21.6 Å². The number of rotatable bonds is 5. The first-order chi connectivity index (χ1) is 9.20. The number of aromatic carboxylic acids is 1. The van der Waals surface area contributed by atoms with Crippen molar-refractivity contribution in [2.75, 3.05) is 5.75 Å². The van der Waals surface area contributed by atoms with E-state index in [1.807, 2.05) is 24.3 Å². The van der Waals surface area contributed by atoms with Crippen LogP contribution in [0.3, 0.4) is 0 Å². The van der Waals surface area contributed by atoms with Gasteiger partial charge in [-0.25, -0.2) is 4.79 Å². The zero-order valence-electron chi connectivity index (χ0n) is 10.5. The van der Waals surface area contributed by atoms with Crippen LogP contribution in [0.4, 0.5) is 0 Å². The van der Waals surface area contributed by atoms with Crippen LogP contribution in [0, 0.1) is 0 Å². The lowest BCUT2D eigenvalue weighted by molar-refractivity contribution is 0.0693. The summed E-state index contributed by atoms with van der Waals surface area (Å²) >= 11 is 3.27. The van der Waals surface area contributed by atoms with Crippen LogP contribution in [0.15, 0.2) is 63.2 Å². The van der Waals surface area contributed by atoms with E-state index in [-0.39, 0.29) is 0 Å². The predicted octanol–water partition coefficient (Wildman–Crippen LogP) is 4.65. The molecule has 0 bridgehead atoms. The molecule has 0 aliphatic rings. The zero-order chi connectivity index (χ0) is 13.7. The molecule has 0 heterocycles. The summed E-state index contributed by atoms with van der Waals surface area (Å²) in [5.41, 5.74) is 0.347. The normalized spacial score (nSPS) is 10.4. The lowest BCUT2D eigenvalue weighted by Crippen LogP contribution is -1.97. The van der Waals surface area contributed by atoms with E-state index < -0.39 is 5.97 Å². The maximum atomic E-state index is 11.1. The van der Waals surface area contributed by atoms with Gasteiger partial charge in [0.05, 0.1) is 5.56 Å². The summed E-state index contributed by atoms with van der Waals surface area (Å²) in [7, 11) is 0. The van der Waals surface area contributed by atoms with Crippen molar-refractivity contribution in [2.24, 2.45) is 0 Å². The molecule has 0 fully saturated rings. The van der Waals surface area contributed by atoms with Gasteiger partial charge in [0, 0.05) is 14.7 Å². The molecule has 0 aliphatic heterocycles. The predicted molar refractivity (Wildman–Crippen MR) is 80.4 cm³/mol. The first kappa shape index (κ1) is 14.0. The molecule has 2 aromatic rings. The van der Waals surface area contributed by atoms with Crippen LogP contribution in [-0.4, -0.2) is 16.8 Å². The monoisotopic (exact) mass is 290 g/mol. The average molecular weight is 290 g/mol. The third kappa shape index (κ3) is 3.78. The van der Waals surface area contributed by atoms with Crippen LogP contribution in [0.1, 0.15) is 17.3 Å². The fraction of sp³-hybridized carbons (Fsp3) is 0.133. The van der Waals surface area contributed by atoms with Gasteiger partial charge < -0.3 is 5.11 Å². The lowest BCUT2D eigenvalue weighted by atomic mass is 10.2. The van der Waals surface area contributed by atoms with E-state index in [9.17, 15) is 4.79 Å². The molecule has 1 N–H and O–H groups in total. The quantitative estimate of drug-likeness (QED) is 0.813. The average Bonchev–Trinajstić information content (AvgIpc) is 2.42. The maximum absolute atomic E-state index is 11.1. The van der Waals surface area contributed by atoms with E-state index in [0.717, 1.165) is 15.5 Å². The van der Waals surface area contributed by atoms with Crippen molar-refractivity contribution >= 4 is 29.5 Å². The highest BCUT2D eigenvalue weighted by molar-refractivity contribution is 7.99. The van der Waals surface area contributed by atoms with Gasteiger partial charge in [0.25, 0.3) is 0 Å². The van der Waals surface area contributed by atoms with Crippen molar-refractivity contribution in [1.29, 1.82) is 0 Å². The Hall–Kier alpha value is -1.39. The Morgan fingerprint density at radius 3 is 2.32 bits per heavy atom. The first-order valence-electron chi connectivity index (χ1n) is 5.93. The summed E-state index contributed by atoms with van der Waals surface area (Å²) < 4.78 is 0. The Labute approximate surface area is 121 Å². The molecular formula is C15H14O2S2. The van der Waals surface area contributed by atoms with E-state index in [1.54, 1.807) is 23.9 Å². The van der Waals surface area contributed by atoms with E-state index in [4.69, 9.17) is 5.11 Å². The van der Waals surface area contributed by atoms with Crippen LogP contribution < -0.4 is 0 Å². The second-order valence-corrected chi connectivity index (χ2v) is 6.26. The molecule has 2 rings (SSSR count). The number of carboxylic acids is 1. The Bertz CT molecular complexity index is 565. The minimum absolute atomic E-state index is 0.347. The van der Waals surface area contributed by atoms with E-state index in [0.29, 0.717) is 5.56 Å². The first-order valence-corrected chi connectivity index (χ1v) is 7.74. The summed E-state index contributed by atoms with van der Waals surface area (Å²) in [6, 6.07) is 15.3. The highest BCUT2D eigenvalue weighted by Gasteiger charge is 2.09. The molecule has 2 nitrogen and oxygen atoms in total. The fourth-order valence-electron chi connectivity index (χ4n) is 1.63. The molecule has 0 atom stereocenters. The largest absolute Gasteiger partial charge is 0.478 e. The van der Waals surface area contributed by atoms with E-state index >= 15 is 0 Å². The van der Waals surface area contributed by atoms with Crippen molar-refractivity contribution in [3.63, 3.8) is 0 Å². The molecule has 98 valence electrons. The molecular weight excluding hydrogens is 276 g/mol. The molecule has 0 saturated heterocycles. The molecule has 0 aliphatic carbocycles. The zero-order valence-corrected chi connectivity index (χ0v) is 12.1. The molecule has 0 saturated carbocycles. The van der Waals surface area contributed by atoms with Gasteiger partial charge in [0.2, 0.25) is 0 Å². The Morgan fingerprint density at radius 2 is 1.68 bits per heavy atom. The third-order valence-corrected chi connectivity index (χ3v) is 4.46. The topological polar surface area (TPSA) is 37.3 Å². The van der Waals surface area contributed by atoms with Gasteiger partial charge in [-0.15, -0.1) is 11.8 Å². The highest BCUT2D eigenvalue weighted by Crippen LogP contribution is 2.31. The summed E-state index contributed by atoms with van der Waals surface area (Å²) in [5.74, 6) is 0.162. The molecule has 4 heteroatoms. The van der Waals surface area contributed by atoms with Crippen molar-refractivity contribution in [3.8, 4) is 0 Å². The van der Waals surface area contributed by atoms with E-state index in [1.165, 1.54) is 16.7 Å². The Balaban J connectivity index is 2.19. The van der Waals surface area contributed by atoms with Gasteiger partial charge in [-0.1, -0.05) is 30.8 Å². The van der Waals surface area contributed by atoms with Gasteiger partial charge in [-0.05, 0) is 42.2 Å². The fourth-order valence-corrected chi connectivity index (χ4v) is 3.23. The van der Waals surface area contributed by atoms with Crippen molar-refractivity contribution in [1.82, 2.24) is 0 Å². The second kappa shape index (κ2) is 6.68. The van der Waals surface area contributed by atoms with Crippen molar-refractivity contribution < 1.29 is 9.90 Å². The number of thioether (sulfide) groups is 1.